The summed E-state index contributed by atoms with van der Waals surface area (Å²) in [4.78, 5) is 14.8. The monoisotopic (exact) mass is 448 g/mol. The molecule has 1 fully saturated rings. The Morgan fingerprint density at radius 1 is 1.09 bits per heavy atom. The highest BCUT2D eigenvalue weighted by Gasteiger charge is 2.21. The van der Waals surface area contributed by atoms with Crippen molar-refractivity contribution in [1.82, 2.24) is 4.90 Å². The van der Waals surface area contributed by atoms with Crippen LogP contribution in [0.4, 0.5) is 14.5 Å². The van der Waals surface area contributed by atoms with Crippen LogP contribution in [0.5, 0.6) is 17.2 Å². The minimum Gasteiger partial charge on any atom is -0.497 e. The van der Waals surface area contributed by atoms with Crippen molar-refractivity contribution in [3.05, 3.63) is 48.0 Å². The molecule has 8 heteroatoms. The van der Waals surface area contributed by atoms with Gasteiger partial charge in [-0.05, 0) is 49.4 Å². The van der Waals surface area contributed by atoms with Crippen molar-refractivity contribution in [2.24, 2.45) is 5.92 Å². The number of alkyl halides is 2. The fourth-order valence-electron chi connectivity index (χ4n) is 4.00. The second-order valence-electron chi connectivity index (χ2n) is 7.95. The molecule has 0 aliphatic carbocycles. The van der Waals surface area contributed by atoms with Crippen LogP contribution in [0.1, 0.15) is 31.2 Å². The highest BCUT2D eigenvalue weighted by molar-refractivity contribution is 5.91. The first-order chi connectivity index (χ1) is 15.4. The van der Waals surface area contributed by atoms with E-state index in [-0.39, 0.29) is 11.7 Å². The fourth-order valence-corrected chi connectivity index (χ4v) is 4.00. The highest BCUT2D eigenvalue weighted by Crippen LogP contribution is 2.27. The number of hydrogen-bond acceptors (Lipinski definition) is 5. The van der Waals surface area contributed by atoms with E-state index in [9.17, 15) is 13.6 Å². The maximum atomic E-state index is 12.5. The van der Waals surface area contributed by atoms with Gasteiger partial charge in [0, 0.05) is 43.4 Å². The number of piperidine rings is 1. The molecular weight excluding hydrogens is 418 g/mol. The number of hydrogen-bond donors (Lipinski definition) is 1. The lowest BCUT2D eigenvalue weighted by atomic mass is 9.93. The van der Waals surface area contributed by atoms with E-state index in [0.29, 0.717) is 29.5 Å². The van der Waals surface area contributed by atoms with Crippen LogP contribution in [0.3, 0.4) is 0 Å². The van der Waals surface area contributed by atoms with E-state index < -0.39 is 6.61 Å². The van der Waals surface area contributed by atoms with E-state index in [2.05, 4.69) is 15.0 Å². The average molecular weight is 449 g/mol. The van der Waals surface area contributed by atoms with Gasteiger partial charge in [-0.25, -0.2) is 0 Å². The molecule has 2 aromatic rings. The number of nitrogens with one attached hydrogen (secondary N) is 1. The Balaban J connectivity index is 1.46. The summed E-state index contributed by atoms with van der Waals surface area (Å²) in [5.41, 5.74) is 1.70. The molecule has 6 nitrogen and oxygen atoms in total. The van der Waals surface area contributed by atoms with Crippen molar-refractivity contribution in [1.29, 1.82) is 0 Å². The number of carbonyl (C=O) groups is 1. The number of rotatable bonds is 10. The molecule has 2 aromatic carbocycles. The third kappa shape index (κ3) is 7.37. The second-order valence-corrected chi connectivity index (χ2v) is 7.95. The number of halogens is 2. The normalized spacial score (nSPS) is 16.6. The van der Waals surface area contributed by atoms with E-state index >= 15 is 0 Å². The van der Waals surface area contributed by atoms with Crippen molar-refractivity contribution >= 4 is 11.6 Å². The first kappa shape index (κ1) is 23.8. The molecule has 0 unspecified atom stereocenters. The lowest BCUT2D eigenvalue weighted by Gasteiger charge is -2.32. The molecule has 32 heavy (non-hydrogen) atoms. The van der Waals surface area contributed by atoms with Crippen LogP contribution in [0.25, 0.3) is 0 Å². The minimum absolute atomic E-state index is 0.0351. The van der Waals surface area contributed by atoms with Gasteiger partial charge in [-0.1, -0.05) is 12.1 Å². The molecule has 1 N–H and O–H groups in total. The lowest BCUT2D eigenvalue weighted by molar-refractivity contribution is -0.116. The summed E-state index contributed by atoms with van der Waals surface area (Å²) in [6.07, 6.45) is 3.42. The van der Waals surface area contributed by atoms with Crippen LogP contribution in [0.2, 0.25) is 0 Å². The molecule has 0 aromatic heterocycles. The molecule has 1 amide bonds. The number of amides is 1. The van der Waals surface area contributed by atoms with Gasteiger partial charge in [0.1, 0.15) is 17.2 Å². The van der Waals surface area contributed by atoms with Crippen molar-refractivity contribution < 1.29 is 27.8 Å². The number of anilines is 1. The largest absolute Gasteiger partial charge is 0.497 e. The number of nitrogens with zero attached hydrogens (tertiary/aromatic N) is 1. The van der Waals surface area contributed by atoms with Crippen molar-refractivity contribution in [3.63, 3.8) is 0 Å². The minimum atomic E-state index is -2.81. The summed E-state index contributed by atoms with van der Waals surface area (Å²) in [6.45, 7) is -0.162. The van der Waals surface area contributed by atoms with Gasteiger partial charge in [0.25, 0.3) is 0 Å². The molecular formula is C24H30F2N2O4. The Kier molecular flexibility index (Phi) is 8.67. The van der Waals surface area contributed by atoms with Crippen LogP contribution in [-0.2, 0) is 11.3 Å². The predicted octanol–water partition coefficient (Wildman–Crippen LogP) is 4.94. The van der Waals surface area contributed by atoms with E-state index in [1.54, 1.807) is 44.6 Å². The molecule has 0 bridgehead atoms. The Morgan fingerprint density at radius 3 is 2.41 bits per heavy atom. The standard InChI is InChI=1S/C24H30F2N2O4/c1-30-21-12-19(13-22(14-21)31-2)27-23(29)10-7-17-4-3-11-28(15-17)16-18-5-8-20(9-6-18)32-24(25)26/h5-6,8-9,12-14,17,24H,3-4,7,10-11,15-16H2,1-2H3,(H,27,29)/t17-/m1/s1. The Morgan fingerprint density at radius 2 is 1.78 bits per heavy atom. The van der Waals surface area contributed by atoms with Gasteiger partial charge < -0.3 is 19.5 Å². The number of benzene rings is 2. The van der Waals surface area contributed by atoms with Gasteiger partial charge in [0.15, 0.2) is 0 Å². The van der Waals surface area contributed by atoms with Crippen LogP contribution in [0, 0.1) is 5.92 Å². The van der Waals surface area contributed by atoms with Crippen molar-refractivity contribution in [2.75, 3.05) is 32.6 Å². The molecule has 174 valence electrons. The molecule has 1 saturated heterocycles. The van der Waals surface area contributed by atoms with Gasteiger partial charge in [-0.15, -0.1) is 0 Å². The third-order valence-corrected chi connectivity index (χ3v) is 5.57. The third-order valence-electron chi connectivity index (χ3n) is 5.57. The molecule has 0 saturated carbocycles. The quantitative estimate of drug-likeness (QED) is 0.558. The molecule has 1 aliphatic rings. The molecule has 1 aliphatic heterocycles. The zero-order valence-corrected chi connectivity index (χ0v) is 18.5. The van der Waals surface area contributed by atoms with Crippen molar-refractivity contribution in [2.45, 2.75) is 38.8 Å². The molecule has 1 atom stereocenters. The summed E-state index contributed by atoms with van der Waals surface area (Å²) < 4.78 is 39.5. The highest BCUT2D eigenvalue weighted by atomic mass is 19.3. The maximum absolute atomic E-state index is 12.5. The number of ether oxygens (including phenoxy) is 3. The molecule has 0 spiro atoms. The van der Waals surface area contributed by atoms with Gasteiger partial charge in [0.2, 0.25) is 5.91 Å². The molecule has 1 heterocycles. The van der Waals surface area contributed by atoms with Crippen molar-refractivity contribution in [3.8, 4) is 17.2 Å². The lowest BCUT2D eigenvalue weighted by Crippen LogP contribution is -2.35. The fraction of sp³-hybridized carbons (Fsp3) is 0.458. The number of likely N-dealkylation sites (tertiary alicyclic amines) is 1. The van der Waals surface area contributed by atoms with Gasteiger partial charge in [-0.2, -0.15) is 8.78 Å². The van der Waals surface area contributed by atoms with E-state index in [1.165, 1.54) is 0 Å². The van der Waals surface area contributed by atoms with E-state index in [0.717, 1.165) is 44.5 Å². The summed E-state index contributed by atoms with van der Waals surface area (Å²) in [6, 6.07) is 12.1. The Hall–Kier alpha value is -2.87. The van der Waals surface area contributed by atoms with Crippen LogP contribution in [-0.4, -0.2) is 44.7 Å². The summed E-state index contributed by atoms with van der Waals surface area (Å²) in [7, 11) is 3.14. The Bertz CT molecular complexity index is 855. The van der Waals surface area contributed by atoms with E-state index in [4.69, 9.17) is 9.47 Å². The second kappa shape index (κ2) is 11.7. The molecule has 0 radical (unpaired) electrons. The van der Waals surface area contributed by atoms with Gasteiger partial charge in [0.05, 0.1) is 14.2 Å². The predicted molar refractivity (Wildman–Crippen MR) is 118 cm³/mol. The number of methoxy groups -OCH3 is 2. The topological polar surface area (TPSA) is 60.0 Å². The summed E-state index contributed by atoms with van der Waals surface area (Å²) in [5, 5.41) is 2.92. The Labute approximate surface area is 187 Å². The van der Waals surface area contributed by atoms with Gasteiger partial charge in [-0.3, -0.25) is 9.69 Å². The first-order valence-electron chi connectivity index (χ1n) is 10.7. The van der Waals surface area contributed by atoms with Crippen LogP contribution >= 0.6 is 0 Å². The maximum Gasteiger partial charge on any atom is 0.387 e. The van der Waals surface area contributed by atoms with Crippen LogP contribution < -0.4 is 19.5 Å². The van der Waals surface area contributed by atoms with E-state index in [1.807, 2.05) is 12.1 Å². The van der Waals surface area contributed by atoms with Crippen LogP contribution in [0.15, 0.2) is 42.5 Å². The zero-order chi connectivity index (χ0) is 22.9. The van der Waals surface area contributed by atoms with Gasteiger partial charge >= 0.3 is 6.61 Å². The average Bonchev–Trinajstić information content (AvgIpc) is 2.78. The molecule has 3 rings (SSSR count). The summed E-state index contributed by atoms with van der Waals surface area (Å²) in [5.74, 6) is 1.82. The number of carbonyl (C=O) groups excluding carboxylic acids is 1. The first-order valence-corrected chi connectivity index (χ1v) is 10.7. The zero-order valence-electron chi connectivity index (χ0n) is 18.5. The smallest absolute Gasteiger partial charge is 0.387 e. The SMILES string of the molecule is COc1cc(NC(=O)CC[C@H]2CCCN(Cc3ccc(OC(F)F)cc3)C2)cc(OC)c1. The summed E-state index contributed by atoms with van der Waals surface area (Å²) >= 11 is 0.